The lowest BCUT2D eigenvalue weighted by molar-refractivity contribution is -0.123. The number of nitrogens with one attached hydrogen (secondary N) is 1. The molecule has 6 nitrogen and oxygen atoms in total. The molecule has 0 saturated carbocycles. The average Bonchev–Trinajstić information content (AvgIpc) is 3.22. The van der Waals surface area contributed by atoms with E-state index in [1.165, 1.54) is 12.8 Å². The van der Waals surface area contributed by atoms with Gasteiger partial charge in [0, 0.05) is 6.54 Å². The zero-order chi connectivity index (χ0) is 19.1. The number of rotatable bonds is 8. The minimum Gasteiger partial charge on any atom is -0.493 e. The summed E-state index contributed by atoms with van der Waals surface area (Å²) in [5.41, 5.74) is 0. The van der Waals surface area contributed by atoms with Crippen molar-refractivity contribution in [3.05, 3.63) is 48.4 Å². The molecular weight excluding hydrogens is 344 g/mol. The van der Waals surface area contributed by atoms with Crippen LogP contribution in [-0.2, 0) is 4.79 Å². The Bertz CT molecular complexity index is 709. The number of hydrogen-bond acceptors (Lipinski definition) is 5. The summed E-state index contributed by atoms with van der Waals surface area (Å²) >= 11 is 0. The number of carbonyl (C=O) groups excluding carboxylic acids is 1. The average molecular weight is 372 g/mol. The molecule has 1 atom stereocenters. The van der Waals surface area contributed by atoms with Crippen LogP contribution in [0.4, 0.5) is 0 Å². The van der Waals surface area contributed by atoms with E-state index in [2.05, 4.69) is 17.1 Å². The zero-order valence-corrected chi connectivity index (χ0v) is 16.0. The Balaban J connectivity index is 1.54. The molecule has 1 aromatic carbocycles. The van der Waals surface area contributed by atoms with Gasteiger partial charge >= 0.3 is 0 Å². The molecule has 1 unspecified atom stereocenters. The van der Waals surface area contributed by atoms with Gasteiger partial charge in [-0.1, -0.05) is 19.1 Å². The fourth-order valence-electron chi connectivity index (χ4n) is 3.37. The zero-order valence-electron chi connectivity index (χ0n) is 16.0. The van der Waals surface area contributed by atoms with Crippen molar-refractivity contribution in [3.8, 4) is 11.5 Å². The van der Waals surface area contributed by atoms with E-state index in [0.717, 1.165) is 24.8 Å². The van der Waals surface area contributed by atoms with Crippen LogP contribution in [0.5, 0.6) is 11.5 Å². The van der Waals surface area contributed by atoms with Crippen LogP contribution in [0.25, 0.3) is 0 Å². The Hall–Kier alpha value is -2.47. The molecule has 1 saturated heterocycles. The highest BCUT2D eigenvalue weighted by Gasteiger charge is 2.26. The van der Waals surface area contributed by atoms with Gasteiger partial charge in [0.2, 0.25) is 0 Å². The van der Waals surface area contributed by atoms with Crippen molar-refractivity contribution in [2.24, 2.45) is 5.92 Å². The summed E-state index contributed by atoms with van der Waals surface area (Å²) in [6.45, 7) is 4.76. The number of nitrogens with zero attached hydrogens (tertiary/aromatic N) is 1. The molecular formula is C21H28N2O4. The number of piperidine rings is 1. The monoisotopic (exact) mass is 372 g/mol. The number of para-hydroxylation sites is 2. The Morgan fingerprint density at radius 2 is 1.96 bits per heavy atom. The summed E-state index contributed by atoms with van der Waals surface area (Å²) < 4.78 is 16.5. The lowest BCUT2D eigenvalue weighted by Gasteiger charge is -2.35. The van der Waals surface area contributed by atoms with Crippen molar-refractivity contribution in [2.75, 3.05) is 33.4 Å². The van der Waals surface area contributed by atoms with E-state index >= 15 is 0 Å². The van der Waals surface area contributed by atoms with Gasteiger partial charge in [-0.15, -0.1) is 0 Å². The summed E-state index contributed by atoms with van der Waals surface area (Å²) in [4.78, 5) is 14.7. The van der Waals surface area contributed by atoms with Gasteiger partial charge in [0.25, 0.3) is 5.91 Å². The minimum absolute atomic E-state index is 0.0442. The van der Waals surface area contributed by atoms with Gasteiger partial charge in [-0.05, 0) is 56.1 Å². The molecule has 1 aliphatic rings. The minimum atomic E-state index is -0.164. The van der Waals surface area contributed by atoms with Crippen LogP contribution in [-0.4, -0.2) is 44.2 Å². The van der Waals surface area contributed by atoms with E-state index in [1.807, 2.05) is 24.3 Å². The molecule has 1 N–H and O–H groups in total. The summed E-state index contributed by atoms with van der Waals surface area (Å²) in [7, 11) is 1.58. The normalized spacial score (nSPS) is 16.7. The first-order valence-electron chi connectivity index (χ1n) is 9.47. The number of amides is 1. The van der Waals surface area contributed by atoms with Crippen molar-refractivity contribution in [2.45, 2.75) is 25.8 Å². The highest BCUT2D eigenvalue weighted by molar-refractivity contribution is 5.77. The van der Waals surface area contributed by atoms with E-state index in [9.17, 15) is 4.79 Å². The second kappa shape index (κ2) is 9.46. The lowest BCUT2D eigenvalue weighted by atomic mass is 9.97. The van der Waals surface area contributed by atoms with Gasteiger partial charge in [0.15, 0.2) is 18.1 Å². The predicted molar refractivity (Wildman–Crippen MR) is 103 cm³/mol. The lowest BCUT2D eigenvalue weighted by Crippen LogP contribution is -2.42. The van der Waals surface area contributed by atoms with Gasteiger partial charge in [0.05, 0.1) is 19.4 Å². The number of carbonyl (C=O) groups is 1. The summed E-state index contributed by atoms with van der Waals surface area (Å²) in [5, 5.41) is 2.98. The highest BCUT2D eigenvalue weighted by Crippen LogP contribution is 2.27. The first-order valence-corrected chi connectivity index (χ1v) is 9.47. The van der Waals surface area contributed by atoms with Crippen LogP contribution in [0.3, 0.4) is 0 Å². The van der Waals surface area contributed by atoms with Crippen LogP contribution in [0.15, 0.2) is 47.1 Å². The SMILES string of the molecule is COc1ccccc1OCC(=O)NCC(c1ccco1)N1CCC(C)CC1. The molecule has 27 heavy (non-hydrogen) atoms. The summed E-state index contributed by atoms with van der Waals surface area (Å²) in [6.07, 6.45) is 4.02. The third-order valence-electron chi connectivity index (χ3n) is 5.05. The first kappa shape index (κ1) is 19.3. The van der Waals surface area contributed by atoms with Gasteiger partial charge < -0.3 is 19.2 Å². The van der Waals surface area contributed by atoms with Gasteiger partial charge in [-0.2, -0.15) is 0 Å². The molecule has 6 heteroatoms. The van der Waals surface area contributed by atoms with E-state index in [-0.39, 0.29) is 18.6 Å². The molecule has 0 bridgehead atoms. The molecule has 1 fully saturated rings. The molecule has 0 spiro atoms. The van der Waals surface area contributed by atoms with Crippen LogP contribution in [0, 0.1) is 5.92 Å². The Labute approximate surface area is 160 Å². The highest BCUT2D eigenvalue weighted by atomic mass is 16.5. The Morgan fingerprint density at radius 1 is 1.22 bits per heavy atom. The maximum absolute atomic E-state index is 12.3. The molecule has 1 amide bonds. The molecule has 2 aromatic rings. The second-order valence-corrected chi connectivity index (χ2v) is 6.99. The van der Waals surface area contributed by atoms with Crippen LogP contribution in [0.1, 0.15) is 31.6 Å². The van der Waals surface area contributed by atoms with E-state index in [0.29, 0.717) is 18.0 Å². The van der Waals surface area contributed by atoms with Crippen molar-refractivity contribution < 1.29 is 18.7 Å². The number of methoxy groups -OCH3 is 1. The van der Waals surface area contributed by atoms with Crippen LogP contribution < -0.4 is 14.8 Å². The smallest absolute Gasteiger partial charge is 0.258 e. The van der Waals surface area contributed by atoms with Crippen molar-refractivity contribution in [1.29, 1.82) is 0 Å². The number of hydrogen-bond donors (Lipinski definition) is 1. The maximum atomic E-state index is 12.3. The Kier molecular flexibility index (Phi) is 6.76. The molecule has 0 radical (unpaired) electrons. The molecule has 0 aliphatic carbocycles. The van der Waals surface area contributed by atoms with E-state index in [1.54, 1.807) is 25.5 Å². The van der Waals surface area contributed by atoms with E-state index < -0.39 is 0 Å². The quantitative estimate of drug-likeness (QED) is 0.771. The third-order valence-corrected chi connectivity index (χ3v) is 5.05. The van der Waals surface area contributed by atoms with Gasteiger partial charge in [-0.3, -0.25) is 9.69 Å². The second-order valence-electron chi connectivity index (χ2n) is 6.99. The number of furan rings is 1. The van der Waals surface area contributed by atoms with Gasteiger partial charge in [-0.25, -0.2) is 0 Å². The topological polar surface area (TPSA) is 63.9 Å². The molecule has 1 aromatic heterocycles. The number of benzene rings is 1. The molecule has 3 rings (SSSR count). The largest absolute Gasteiger partial charge is 0.493 e. The fourth-order valence-corrected chi connectivity index (χ4v) is 3.37. The summed E-state index contributed by atoms with van der Waals surface area (Å²) in [6, 6.07) is 11.2. The molecule has 146 valence electrons. The standard InChI is InChI=1S/C21H28N2O4/c1-16-9-11-23(12-10-16)17(18-8-5-13-26-18)14-22-21(24)15-27-20-7-4-3-6-19(20)25-2/h3-8,13,16-17H,9-12,14-15H2,1-2H3,(H,22,24). The molecule has 2 heterocycles. The van der Waals surface area contributed by atoms with Crippen molar-refractivity contribution in [3.63, 3.8) is 0 Å². The molecule has 1 aliphatic heterocycles. The summed E-state index contributed by atoms with van der Waals surface area (Å²) in [5.74, 6) is 2.64. The van der Waals surface area contributed by atoms with E-state index in [4.69, 9.17) is 13.9 Å². The van der Waals surface area contributed by atoms with Crippen LogP contribution >= 0.6 is 0 Å². The predicted octanol–water partition coefficient (Wildman–Crippen LogP) is 3.26. The number of ether oxygens (including phenoxy) is 2. The van der Waals surface area contributed by atoms with Crippen LogP contribution in [0.2, 0.25) is 0 Å². The number of likely N-dealkylation sites (tertiary alicyclic amines) is 1. The van der Waals surface area contributed by atoms with Gasteiger partial charge in [0.1, 0.15) is 5.76 Å². The van der Waals surface area contributed by atoms with Crippen molar-refractivity contribution in [1.82, 2.24) is 10.2 Å². The van der Waals surface area contributed by atoms with Crippen molar-refractivity contribution >= 4 is 5.91 Å². The Morgan fingerprint density at radius 3 is 2.63 bits per heavy atom. The maximum Gasteiger partial charge on any atom is 0.258 e. The third kappa shape index (κ3) is 5.26. The first-order chi connectivity index (χ1) is 13.2. The fraction of sp³-hybridized carbons (Fsp3) is 0.476.